The van der Waals surface area contributed by atoms with Crippen molar-refractivity contribution in [3.63, 3.8) is 0 Å². The van der Waals surface area contributed by atoms with Crippen LogP contribution in [0.3, 0.4) is 0 Å². The van der Waals surface area contributed by atoms with Gasteiger partial charge in [-0.2, -0.15) is 0 Å². The molecule has 3 aromatic rings. The number of unbranched alkanes of at least 4 members (excludes halogenated alkanes) is 1. The largest absolute Gasteiger partial charge is 0.348 e. The number of fused-ring (bicyclic) bond motifs is 1. The number of rotatable bonds is 13. The molecule has 0 aliphatic carbocycles. The van der Waals surface area contributed by atoms with Crippen molar-refractivity contribution in [2.24, 2.45) is 5.73 Å². The maximum Gasteiger partial charge on any atom is 0.348 e. The van der Waals surface area contributed by atoms with Gasteiger partial charge in [0, 0.05) is 17.7 Å². The molecule has 14 heteroatoms. The summed E-state index contributed by atoms with van der Waals surface area (Å²) in [6.45, 7) is 1.12. The third-order valence-electron chi connectivity index (χ3n) is 7.22. The standard InChI is InChI=1S/C30H32F2N6O6/c1-18(39)20-9-7-19(8-10-20)16-34-28(42)26(40)24(5-2-3-13-33)35-27(41)25-6-4-14-37-29(43)36(30(44)38(25)37)17-21-15-22(31)11-12-23(21)32/h4,6-12,15,24-25H,2-3,5,13-14,16-17,33H2,1H3,(H,34,42)(H,35,41). The molecule has 0 spiro atoms. The molecule has 1 aliphatic rings. The third kappa shape index (κ3) is 7.14. The predicted molar refractivity (Wildman–Crippen MR) is 155 cm³/mol. The molecule has 232 valence electrons. The van der Waals surface area contributed by atoms with Gasteiger partial charge in [0.05, 0.1) is 19.1 Å². The monoisotopic (exact) mass is 610 g/mol. The van der Waals surface area contributed by atoms with E-state index in [9.17, 15) is 37.5 Å². The molecule has 2 amide bonds. The molecule has 4 rings (SSSR count). The highest BCUT2D eigenvalue weighted by Crippen LogP contribution is 2.15. The SMILES string of the molecule is CC(=O)c1ccc(CNC(=O)C(=O)C(CCCCN)NC(=O)C2C=CCn3c(=O)n(Cc4cc(F)ccc4F)c(=O)n32)cc1. The number of benzene rings is 2. The summed E-state index contributed by atoms with van der Waals surface area (Å²) in [5.41, 5.74) is 4.70. The smallest absolute Gasteiger partial charge is 0.345 e. The summed E-state index contributed by atoms with van der Waals surface area (Å²) in [6, 6.07) is 6.51. The van der Waals surface area contributed by atoms with Gasteiger partial charge in [0.15, 0.2) is 11.8 Å². The molecule has 12 nitrogen and oxygen atoms in total. The summed E-state index contributed by atoms with van der Waals surface area (Å²) in [5, 5.41) is 5.05. The Labute approximate surface area is 250 Å². The number of nitrogens with zero attached hydrogens (tertiary/aromatic N) is 3. The highest BCUT2D eigenvalue weighted by Gasteiger charge is 2.33. The molecular weight excluding hydrogens is 578 g/mol. The first-order valence-corrected chi connectivity index (χ1v) is 14.0. The number of nitrogens with one attached hydrogen (secondary N) is 2. The fraction of sp³-hybridized carbons (Fsp3) is 0.333. The maximum absolute atomic E-state index is 14.3. The Kier molecular flexibility index (Phi) is 10.2. The van der Waals surface area contributed by atoms with Gasteiger partial charge in [0.1, 0.15) is 11.6 Å². The molecule has 0 saturated carbocycles. The molecule has 1 aromatic heterocycles. The molecule has 1 aliphatic heterocycles. The number of carbonyl (C=O) groups is 4. The van der Waals surface area contributed by atoms with E-state index in [2.05, 4.69) is 10.6 Å². The number of Topliss-reactive ketones (excluding diaryl/α,β-unsaturated/α-hetero) is 2. The van der Waals surface area contributed by atoms with Crippen LogP contribution in [0.2, 0.25) is 0 Å². The Hall–Kier alpha value is -4.98. The van der Waals surface area contributed by atoms with Crippen LogP contribution < -0.4 is 27.7 Å². The first kappa shape index (κ1) is 31.9. The normalized spacial score (nSPS) is 14.5. The zero-order chi connectivity index (χ0) is 32.0. The summed E-state index contributed by atoms with van der Waals surface area (Å²) in [6.07, 6.45) is 3.86. The fourth-order valence-electron chi connectivity index (χ4n) is 4.82. The second kappa shape index (κ2) is 14.0. The van der Waals surface area contributed by atoms with Crippen LogP contribution in [0.25, 0.3) is 0 Å². The van der Waals surface area contributed by atoms with Crippen molar-refractivity contribution in [1.29, 1.82) is 0 Å². The highest BCUT2D eigenvalue weighted by molar-refractivity contribution is 6.38. The van der Waals surface area contributed by atoms with Gasteiger partial charge in [-0.25, -0.2) is 32.3 Å². The van der Waals surface area contributed by atoms with Gasteiger partial charge in [0.2, 0.25) is 11.7 Å². The Morgan fingerprint density at radius 2 is 1.75 bits per heavy atom. The predicted octanol–water partition coefficient (Wildman–Crippen LogP) is 0.951. The zero-order valence-electron chi connectivity index (χ0n) is 23.9. The van der Waals surface area contributed by atoms with Crippen molar-refractivity contribution < 1.29 is 28.0 Å². The number of ketones is 2. The van der Waals surface area contributed by atoms with Crippen LogP contribution in [-0.4, -0.2) is 49.9 Å². The summed E-state index contributed by atoms with van der Waals surface area (Å²) >= 11 is 0. The van der Waals surface area contributed by atoms with Gasteiger partial charge in [0.25, 0.3) is 5.91 Å². The van der Waals surface area contributed by atoms with Gasteiger partial charge in [-0.1, -0.05) is 36.4 Å². The van der Waals surface area contributed by atoms with E-state index in [4.69, 9.17) is 5.73 Å². The average molecular weight is 611 g/mol. The van der Waals surface area contributed by atoms with Crippen molar-refractivity contribution in [2.75, 3.05) is 6.54 Å². The molecule has 44 heavy (non-hydrogen) atoms. The number of hydrogen-bond acceptors (Lipinski definition) is 7. The second-order valence-electron chi connectivity index (χ2n) is 10.3. The van der Waals surface area contributed by atoms with Gasteiger partial charge in [-0.05, 0) is 56.5 Å². The summed E-state index contributed by atoms with van der Waals surface area (Å²) in [7, 11) is 0. The molecule has 2 unspecified atom stereocenters. The van der Waals surface area contributed by atoms with Crippen LogP contribution in [0.4, 0.5) is 8.78 Å². The lowest BCUT2D eigenvalue weighted by atomic mass is 10.0. The third-order valence-corrected chi connectivity index (χ3v) is 7.22. The van der Waals surface area contributed by atoms with E-state index in [1.807, 2.05) is 0 Å². The van der Waals surface area contributed by atoms with Crippen LogP contribution in [-0.2, 0) is 34.0 Å². The number of nitrogens with two attached hydrogens (primary N) is 1. The lowest BCUT2D eigenvalue weighted by Gasteiger charge is -2.23. The van der Waals surface area contributed by atoms with E-state index in [-0.39, 0.29) is 30.9 Å². The number of halogens is 2. The molecule has 0 radical (unpaired) electrons. The molecular formula is C30H32F2N6O6. The van der Waals surface area contributed by atoms with E-state index in [0.29, 0.717) is 35.1 Å². The molecule has 2 heterocycles. The minimum Gasteiger partial charge on any atom is -0.345 e. The number of aromatic nitrogens is 3. The van der Waals surface area contributed by atoms with Crippen LogP contribution in [0, 0.1) is 11.6 Å². The second-order valence-corrected chi connectivity index (χ2v) is 10.3. The minimum absolute atomic E-state index is 0.00131. The first-order valence-electron chi connectivity index (χ1n) is 14.0. The van der Waals surface area contributed by atoms with Gasteiger partial charge in [-0.15, -0.1) is 0 Å². The topological polar surface area (TPSA) is 167 Å². The molecule has 0 bridgehead atoms. The number of hydrogen-bond donors (Lipinski definition) is 3. The summed E-state index contributed by atoms with van der Waals surface area (Å²) < 4.78 is 30.5. The van der Waals surface area contributed by atoms with Crippen LogP contribution in [0.1, 0.15) is 53.7 Å². The maximum atomic E-state index is 14.3. The zero-order valence-corrected chi connectivity index (χ0v) is 23.9. The van der Waals surface area contributed by atoms with Gasteiger partial charge in [-0.3, -0.25) is 19.2 Å². The molecule has 0 fully saturated rings. The lowest BCUT2D eigenvalue weighted by Crippen LogP contribution is -2.50. The number of amides is 2. The number of allylic oxidation sites excluding steroid dienone is 1. The Bertz CT molecular complexity index is 1720. The Morgan fingerprint density at radius 3 is 2.43 bits per heavy atom. The van der Waals surface area contributed by atoms with Gasteiger partial charge < -0.3 is 16.4 Å². The molecule has 2 aromatic carbocycles. The van der Waals surface area contributed by atoms with Gasteiger partial charge >= 0.3 is 11.4 Å². The molecule has 2 atom stereocenters. The van der Waals surface area contributed by atoms with E-state index >= 15 is 0 Å². The van der Waals surface area contributed by atoms with Crippen molar-refractivity contribution in [2.45, 2.75) is 57.9 Å². The number of carbonyl (C=O) groups excluding carboxylic acids is 4. The minimum atomic E-state index is -1.37. The van der Waals surface area contributed by atoms with Crippen molar-refractivity contribution in [3.05, 3.63) is 104 Å². The van der Waals surface area contributed by atoms with Crippen molar-refractivity contribution in [3.8, 4) is 0 Å². The van der Waals surface area contributed by atoms with Crippen LogP contribution in [0.15, 0.2) is 64.2 Å². The lowest BCUT2D eigenvalue weighted by molar-refractivity contribution is -0.140. The quantitative estimate of drug-likeness (QED) is 0.112. The van der Waals surface area contributed by atoms with Crippen molar-refractivity contribution in [1.82, 2.24) is 24.6 Å². The van der Waals surface area contributed by atoms with Crippen LogP contribution in [0.5, 0.6) is 0 Å². The first-order chi connectivity index (χ1) is 21.0. The Morgan fingerprint density at radius 1 is 1.02 bits per heavy atom. The fourth-order valence-corrected chi connectivity index (χ4v) is 4.82. The van der Waals surface area contributed by atoms with E-state index in [0.717, 1.165) is 27.6 Å². The van der Waals surface area contributed by atoms with E-state index in [1.54, 1.807) is 24.3 Å². The average Bonchev–Trinajstić information content (AvgIpc) is 3.25. The van der Waals surface area contributed by atoms with Crippen LogP contribution >= 0.6 is 0 Å². The van der Waals surface area contributed by atoms with Crippen molar-refractivity contribution >= 4 is 23.4 Å². The Balaban J connectivity index is 1.52. The molecule has 0 saturated heterocycles. The van der Waals surface area contributed by atoms with E-state index in [1.165, 1.54) is 19.1 Å². The summed E-state index contributed by atoms with van der Waals surface area (Å²) in [5.74, 6) is -4.38. The molecule has 4 N–H and O–H groups in total. The highest BCUT2D eigenvalue weighted by atomic mass is 19.1. The van der Waals surface area contributed by atoms with E-state index < -0.39 is 59.2 Å². The summed E-state index contributed by atoms with van der Waals surface area (Å²) in [4.78, 5) is 77.1.